The quantitative estimate of drug-likeness (QED) is 0.0354. The molecule has 696 valence electrons. The van der Waals surface area contributed by atoms with E-state index >= 15 is 0 Å². The number of benzene rings is 5. The SMILES string of the molecule is CCCC(=O)Nc1ccc(-c2nc(N3CCOCC3)c3cc(CN(C)C)cn3n2)cc1.CCCCC(=O)Nc1ccc(-c2nc(N3CCOCC3)c3cc(CN(C)C)cn3n2)cc1.CN(C)Cc1cc2c(N3CCOCC3)nc(-c3ccc(NC(=O)CC(C)(C)C)cc3)nn2c1.CN(C)Cc1cc2c(N3CCOCC3)nc(-c3ccc(NC(=O)Cc4ccc(F)cc4)cc3)nn2c1. The molecule has 0 aliphatic carbocycles. The molecule has 4 aliphatic heterocycles. The van der Waals surface area contributed by atoms with E-state index in [4.69, 9.17) is 59.3 Å². The Bertz CT molecular complexity index is 6010. The summed E-state index contributed by atoms with van der Waals surface area (Å²) >= 11 is 0. The number of unbranched alkanes of at least 4 members (excludes halogenated alkanes) is 1. The number of fused-ring (bicyclic) bond motifs is 4. The fourth-order valence-electron chi connectivity index (χ4n) is 16.0. The van der Waals surface area contributed by atoms with Crippen LogP contribution in [0.1, 0.15) is 101 Å². The van der Waals surface area contributed by atoms with Gasteiger partial charge < -0.3 is 79.4 Å². The molecule has 0 saturated carbocycles. The summed E-state index contributed by atoms with van der Waals surface area (Å²) in [5.74, 6) is 5.88. The standard InChI is InChI=1S/C27H29FN6O2.C25H34N6O2.C24H32N6O2.C23H30N6O2/c1-32(2)17-20-15-24-27(33-11-13-36-14-12-33)30-26(31-34(24)18-20)21-5-9-23(10-6-21)29-25(35)16-19-3-7-22(28)8-4-19;1-25(2,3)15-22(32)26-20-8-6-19(7-9-20)23-27-24(30-10-12-33-13-11-30)21-14-18(16-29(4)5)17-31(21)28-23;1-4-5-6-22(31)25-20-9-7-19(8-10-20)23-26-24(29-11-13-32-14-12-29)21-15-18(16-28(2)3)17-30(21)27-23;1-4-5-21(30)24-19-8-6-18(7-9-19)22-25-23(28-10-12-31-13-11-28)20-14-17(15-27(2)3)16-29(20)26-22/h3-10,15,18H,11-14,16-17H2,1-2H3,(H,29,35);6-9,14,17H,10-13,15-16H2,1-5H3,(H,26,32);7-10,15,17H,4-6,11-14,16H2,1-3H3,(H,25,31);6-9,14,16H,4-5,10-13,15H2,1-3H3,(H,24,30). The van der Waals surface area contributed by atoms with Crippen LogP contribution < -0.4 is 40.9 Å². The topological polar surface area (TPSA) is 300 Å². The normalized spacial score (nSPS) is 14.3. The number of hydrogen-bond donors (Lipinski definition) is 4. The molecule has 0 spiro atoms. The first kappa shape index (κ1) is 95.4. The molecule has 12 heterocycles. The molecule has 0 atom stereocenters. The molecule has 0 bridgehead atoms. The maximum absolute atomic E-state index is 13.1. The first-order valence-corrected chi connectivity index (χ1v) is 45.5. The van der Waals surface area contributed by atoms with Gasteiger partial charge in [0, 0.05) is 168 Å². The summed E-state index contributed by atoms with van der Waals surface area (Å²) in [7, 11) is 16.4. The molecule has 4 amide bonds. The lowest BCUT2D eigenvalue weighted by atomic mass is 9.92. The van der Waals surface area contributed by atoms with E-state index in [1.807, 2.05) is 136 Å². The number of nitrogens with one attached hydrogen (secondary N) is 4. The number of hydrogen-bond acceptors (Lipinski definition) is 24. The number of aromatic nitrogens is 12. The zero-order valence-electron chi connectivity index (χ0n) is 78.3. The van der Waals surface area contributed by atoms with Crippen molar-refractivity contribution in [3.05, 3.63) is 204 Å². The smallest absolute Gasteiger partial charge is 0.228 e. The fraction of sp³-hybridized carbons (Fsp3) is 0.414. The third kappa shape index (κ3) is 26.4. The van der Waals surface area contributed by atoms with Crippen LogP contribution in [0.4, 0.5) is 50.4 Å². The van der Waals surface area contributed by atoms with Gasteiger partial charge in [0.15, 0.2) is 46.6 Å². The van der Waals surface area contributed by atoms with Crippen molar-refractivity contribution in [2.75, 3.05) is 202 Å². The van der Waals surface area contributed by atoms with Crippen LogP contribution in [0.5, 0.6) is 0 Å². The Morgan fingerprint density at radius 3 is 0.871 bits per heavy atom. The van der Waals surface area contributed by atoms with E-state index in [1.165, 1.54) is 34.4 Å². The average molecular weight is 1800 g/mol. The average Bonchev–Trinajstić information content (AvgIpc) is 1.63. The largest absolute Gasteiger partial charge is 0.378 e. The van der Waals surface area contributed by atoms with E-state index in [-0.39, 0.29) is 41.3 Å². The molecule has 32 nitrogen and oxygen atoms in total. The predicted octanol–water partition coefficient (Wildman–Crippen LogP) is 13.7. The summed E-state index contributed by atoms with van der Waals surface area (Å²) in [5.41, 5.74) is 16.0. The van der Waals surface area contributed by atoms with Crippen LogP contribution in [0.15, 0.2) is 170 Å². The molecule has 0 unspecified atom stereocenters. The van der Waals surface area contributed by atoms with Crippen molar-refractivity contribution in [3.63, 3.8) is 0 Å². The van der Waals surface area contributed by atoms with Crippen LogP contribution in [0.25, 0.3) is 67.6 Å². The second kappa shape index (κ2) is 44.9. The van der Waals surface area contributed by atoms with E-state index in [0.717, 1.165) is 188 Å². The molecule has 13 aromatic rings. The summed E-state index contributed by atoms with van der Waals surface area (Å²) in [6.45, 7) is 25.5. The lowest BCUT2D eigenvalue weighted by Crippen LogP contribution is -2.37. The molecule has 5 aromatic carbocycles. The minimum atomic E-state index is -0.319. The molecule has 0 radical (unpaired) electrons. The molecule has 4 saturated heterocycles. The third-order valence-corrected chi connectivity index (χ3v) is 22.1. The molecule has 132 heavy (non-hydrogen) atoms. The second-order valence-electron chi connectivity index (χ2n) is 36.0. The lowest BCUT2D eigenvalue weighted by Gasteiger charge is -2.28. The highest BCUT2D eigenvalue weighted by Gasteiger charge is 2.27. The molecule has 8 aromatic heterocycles. The highest BCUT2D eigenvalue weighted by molar-refractivity contribution is 5.94. The Kier molecular flexibility index (Phi) is 32.5. The van der Waals surface area contributed by atoms with E-state index in [2.05, 4.69) is 180 Å². The molecule has 4 fully saturated rings. The Morgan fingerprint density at radius 1 is 0.348 bits per heavy atom. The van der Waals surface area contributed by atoms with E-state index in [9.17, 15) is 23.6 Å². The van der Waals surface area contributed by atoms with Crippen molar-refractivity contribution in [1.82, 2.24) is 78.0 Å². The summed E-state index contributed by atoms with van der Waals surface area (Å²) < 4.78 is 43.0. The zero-order valence-corrected chi connectivity index (χ0v) is 78.3. The molecular formula is C99H125FN24O8. The van der Waals surface area contributed by atoms with Gasteiger partial charge in [0.1, 0.15) is 27.9 Å². The predicted molar refractivity (Wildman–Crippen MR) is 519 cm³/mol. The minimum Gasteiger partial charge on any atom is -0.378 e. The van der Waals surface area contributed by atoms with Gasteiger partial charge in [-0.05, 0) is 236 Å². The first-order chi connectivity index (χ1) is 63.7. The van der Waals surface area contributed by atoms with E-state index in [0.29, 0.717) is 101 Å². The van der Waals surface area contributed by atoms with Gasteiger partial charge in [-0.3, -0.25) is 19.2 Å². The zero-order chi connectivity index (χ0) is 93.0. The van der Waals surface area contributed by atoms with Gasteiger partial charge in [0.25, 0.3) is 0 Å². The maximum Gasteiger partial charge on any atom is 0.228 e. The number of amides is 4. The van der Waals surface area contributed by atoms with Crippen molar-refractivity contribution < 1.29 is 42.5 Å². The molecular weight excluding hydrogens is 1670 g/mol. The van der Waals surface area contributed by atoms with Gasteiger partial charge in [0.05, 0.1) is 59.3 Å². The number of ether oxygens (including phenoxy) is 4. The highest BCUT2D eigenvalue weighted by atomic mass is 19.1. The Morgan fingerprint density at radius 2 is 0.614 bits per heavy atom. The fourth-order valence-corrected chi connectivity index (χ4v) is 16.0. The number of halogens is 1. The van der Waals surface area contributed by atoms with E-state index < -0.39 is 0 Å². The Balaban J connectivity index is 0.000000142. The number of rotatable bonds is 28. The summed E-state index contributed by atoms with van der Waals surface area (Å²) in [4.78, 5) is 86.0. The number of carbonyl (C=O) groups excluding carboxylic acids is 4. The van der Waals surface area contributed by atoms with Crippen molar-refractivity contribution >= 4 is 91.7 Å². The monoisotopic (exact) mass is 1800 g/mol. The van der Waals surface area contributed by atoms with Gasteiger partial charge in [-0.15, -0.1) is 20.4 Å². The lowest BCUT2D eigenvalue weighted by molar-refractivity contribution is -0.118. The minimum absolute atomic E-state index is 0.0169. The molecule has 4 aliphatic rings. The maximum atomic E-state index is 13.1. The number of nitrogens with zero attached hydrogens (tertiary/aromatic N) is 20. The van der Waals surface area contributed by atoms with Gasteiger partial charge in [-0.25, -0.2) is 42.4 Å². The van der Waals surface area contributed by atoms with Crippen molar-refractivity contribution in [2.24, 2.45) is 5.41 Å². The van der Waals surface area contributed by atoms with Gasteiger partial charge >= 0.3 is 0 Å². The van der Waals surface area contributed by atoms with Gasteiger partial charge in [-0.1, -0.05) is 53.2 Å². The Labute approximate surface area is 771 Å². The number of carbonyl (C=O) groups is 4. The number of anilines is 8. The van der Waals surface area contributed by atoms with Crippen molar-refractivity contribution in [1.29, 1.82) is 0 Å². The van der Waals surface area contributed by atoms with Crippen LogP contribution in [0.3, 0.4) is 0 Å². The van der Waals surface area contributed by atoms with Crippen LogP contribution in [0, 0.1) is 11.2 Å². The van der Waals surface area contributed by atoms with Crippen LogP contribution in [-0.2, 0) is 70.7 Å². The van der Waals surface area contributed by atoms with Crippen LogP contribution >= 0.6 is 0 Å². The van der Waals surface area contributed by atoms with Gasteiger partial charge in [-0.2, -0.15) is 0 Å². The van der Waals surface area contributed by atoms with Gasteiger partial charge in [0.2, 0.25) is 23.6 Å². The molecule has 4 N–H and O–H groups in total. The first-order valence-electron chi connectivity index (χ1n) is 45.5. The Hall–Kier alpha value is -12.7. The van der Waals surface area contributed by atoms with Crippen LogP contribution in [0.2, 0.25) is 0 Å². The molecule has 17 rings (SSSR count). The van der Waals surface area contributed by atoms with Crippen molar-refractivity contribution in [2.45, 2.75) is 106 Å². The summed E-state index contributed by atoms with van der Waals surface area (Å²) in [6.07, 6.45) is 12.7. The van der Waals surface area contributed by atoms with Crippen LogP contribution in [-0.4, -0.2) is 263 Å². The second-order valence-corrected chi connectivity index (χ2v) is 36.0. The summed E-state index contributed by atoms with van der Waals surface area (Å²) in [5, 5.41) is 30.9. The highest BCUT2D eigenvalue weighted by Crippen LogP contribution is 2.34. The number of morpholine rings is 4. The van der Waals surface area contributed by atoms with E-state index in [1.54, 1.807) is 12.1 Å². The summed E-state index contributed by atoms with van der Waals surface area (Å²) in [6, 6.07) is 45.3. The third-order valence-electron chi connectivity index (χ3n) is 22.1. The van der Waals surface area contributed by atoms with Crippen molar-refractivity contribution in [3.8, 4) is 45.6 Å². The molecule has 33 heteroatoms.